The van der Waals surface area contributed by atoms with Crippen molar-refractivity contribution >= 4 is 15.7 Å². The van der Waals surface area contributed by atoms with E-state index in [1.807, 2.05) is 0 Å². The van der Waals surface area contributed by atoms with Gasteiger partial charge in [-0.15, -0.1) is 0 Å². The molecule has 1 heterocycles. The zero-order valence-electron chi connectivity index (χ0n) is 8.47. The Morgan fingerprint density at radius 3 is 2.81 bits per heavy atom. The molecule has 0 aromatic heterocycles. The maximum absolute atomic E-state index is 11.8. The largest absolute Gasteiger partial charge is 0.376 e. The van der Waals surface area contributed by atoms with Crippen molar-refractivity contribution in [3.05, 3.63) is 29.3 Å². The summed E-state index contributed by atoms with van der Waals surface area (Å²) in [5, 5.41) is 0. The van der Waals surface area contributed by atoms with Crippen molar-refractivity contribution in [2.24, 2.45) is 5.73 Å². The number of benzene rings is 1. The van der Waals surface area contributed by atoms with Crippen molar-refractivity contribution in [1.29, 1.82) is 0 Å². The first kappa shape index (κ1) is 11.1. The number of sulfone groups is 1. The van der Waals surface area contributed by atoms with Gasteiger partial charge >= 0.3 is 0 Å². The molecule has 2 N–H and O–H groups in total. The Morgan fingerprint density at radius 2 is 2.12 bits per heavy atom. The molecule has 1 aromatic rings. The lowest BCUT2D eigenvalue weighted by molar-refractivity contribution is 0.0999. The monoisotopic (exact) mass is 241 g/mol. The zero-order chi connectivity index (χ0) is 11.8. The Hall–Kier alpha value is -1.40. The maximum atomic E-state index is 11.8. The summed E-state index contributed by atoms with van der Waals surface area (Å²) in [7, 11) is -3.37. The average Bonchev–Trinajstić information content (AvgIpc) is 2.37. The third kappa shape index (κ3) is 1.94. The number of hydrogen-bond acceptors (Lipinski definition) is 4. The number of hydrogen-bond donors (Lipinski definition) is 1. The van der Waals surface area contributed by atoms with Crippen molar-refractivity contribution in [1.82, 2.24) is 0 Å². The molecule has 86 valence electrons. The lowest BCUT2D eigenvalue weighted by atomic mass is 10.1. The molecule has 0 saturated heterocycles. The van der Waals surface area contributed by atoms with Gasteiger partial charge in [0.25, 0.3) is 0 Å². The minimum absolute atomic E-state index is 0.0672. The molecule has 0 atom stereocenters. The fraction of sp³-hybridized carbons (Fsp3) is 0.300. The summed E-state index contributed by atoms with van der Waals surface area (Å²) in [6, 6.07) is 4.39. The number of primary amides is 1. The normalized spacial score (nSPS) is 18.5. The number of carbonyl (C=O) groups is 1. The van der Waals surface area contributed by atoms with Crippen LogP contribution in [0.2, 0.25) is 0 Å². The molecule has 0 radical (unpaired) electrons. The molecule has 0 unspecified atom stereocenters. The van der Waals surface area contributed by atoms with Crippen molar-refractivity contribution in [2.45, 2.75) is 11.5 Å². The van der Waals surface area contributed by atoms with Gasteiger partial charge in [-0.3, -0.25) is 4.79 Å². The van der Waals surface area contributed by atoms with Crippen molar-refractivity contribution < 1.29 is 17.9 Å². The van der Waals surface area contributed by atoms with Crippen LogP contribution in [-0.2, 0) is 21.2 Å². The average molecular weight is 241 g/mol. The third-order valence-electron chi connectivity index (χ3n) is 2.44. The summed E-state index contributed by atoms with van der Waals surface area (Å²) < 4.78 is 28.8. The van der Waals surface area contributed by atoms with Crippen molar-refractivity contribution in [2.75, 3.05) is 12.4 Å². The van der Waals surface area contributed by atoms with Crippen LogP contribution in [-0.4, -0.2) is 26.7 Å². The first-order chi connectivity index (χ1) is 7.50. The Morgan fingerprint density at radius 1 is 1.38 bits per heavy atom. The van der Waals surface area contributed by atoms with Gasteiger partial charge in [-0.2, -0.15) is 0 Å². The minimum atomic E-state index is -3.37. The van der Waals surface area contributed by atoms with Crippen LogP contribution in [0.25, 0.3) is 0 Å². The molecule has 5 nitrogen and oxygen atoms in total. The van der Waals surface area contributed by atoms with E-state index < -0.39 is 15.7 Å². The smallest absolute Gasteiger partial charge is 0.248 e. The first-order valence-corrected chi connectivity index (χ1v) is 6.39. The van der Waals surface area contributed by atoms with Gasteiger partial charge in [0.1, 0.15) is 0 Å². The van der Waals surface area contributed by atoms with Crippen LogP contribution in [0.15, 0.2) is 23.1 Å². The van der Waals surface area contributed by atoms with Crippen LogP contribution < -0.4 is 5.73 Å². The molecule has 6 heteroatoms. The molecule has 0 spiro atoms. The third-order valence-corrected chi connectivity index (χ3v) is 4.19. The number of amides is 1. The fourth-order valence-corrected chi connectivity index (χ4v) is 2.97. The Labute approximate surface area is 93.1 Å². The predicted molar refractivity (Wildman–Crippen MR) is 56.7 cm³/mol. The van der Waals surface area contributed by atoms with E-state index in [-0.39, 0.29) is 29.4 Å². The van der Waals surface area contributed by atoms with E-state index in [0.29, 0.717) is 5.56 Å². The summed E-state index contributed by atoms with van der Waals surface area (Å²) in [6.07, 6.45) is 0. The highest BCUT2D eigenvalue weighted by atomic mass is 32.2. The number of ether oxygens (including phenoxy) is 1. The van der Waals surface area contributed by atoms with Crippen LogP contribution in [0, 0.1) is 0 Å². The maximum Gasteiger partial charge on any atom is 0.248 e. The lowest BCUT2D eigenvalue weighted by Gasteiger charge is -2.06. The number of carbonyl (C=O) groups excluding carboxylic acids is 1. The molecule has 0 aliphatic carbocycles. The molecular formula is C10H11NO4S. The van der Waals surface area contributed by atoms with Crippen LogP contribution >= 0.6 is 0 Å². The van der Waals surface area contributed by atoms with Gasteiger partial charge in [-0.05, 0) is 17.7 Å². The molecule has 0 fully saturated rings. The van der Waals surface area contributed by atoms with Crippen LogP contribution in [0.1, 0.15) is 15.9 Å². The second kappa shape index (κ2) is 3.88. The topological polar surface area (TPSA) is 86.5 Å². The molecule has 1 aromatic carbocycles. The summed E-state index contributed by atoms with van der Waals surface area (Å²) in [6.45, 7) is 0.413. The molecule has 1 aliphatic heterocycles. The second-order valence-electron chi connectivity index (χ2n) is 3.56. The summed E-state index contributed by atoms with van der Waals surface area (Å²) in [4.78, 5) is 11.1. The summed E-state index contributed by atoms with van der Waals surface area (Å²) in [5.74, 6) is -0.703. The SMILES string of the molecule is NC(=O)c1ccc2c(c1)S(=O)(=O)CCOC2. The molecule has 2 rings (SSSR count). The van der Waals surface area contributed by atoms with Gasteiger partial charge in [0, 0.05) is 5.56 Å². The first-order valence-electron chi connectivity index (χ1n) is 4.74. The molecule has 0 bridgehead atoms. The number of nitrogens with two attached hydrogens (primary N) is 1. The van der Waals surface area contributed by atoms with Gasteiger partial charge in [0.15, 0.2) is 9.84 Å². The highest BCUT2D eigenvalue weighted by Crippen LogP contribution is 2.22. The van der Waals surface area contributed by atoms with Gasteiger partial charge in [0.05, 0.1) is 23.9 Å². The van der Waals surface area contributed by atoms with Gasteiger partial charge < -0.3 is 10.5 Å². The molecule has 16 heavy (non-hydrogen) atoms. The lowest BCUT2D eigenvalue weighted by Crippen LogP contribution is -2.14. The number of fused-ring (bicyclic) bond motifs is 1. The van der Waals surface area contributed by atoms with E-state index in [9.17, 15) is 13.2 Å². The van der Waals surface area contributed by atoms with E-state index in [1.165, 1.54) is 12.1 Å². The Kier molecular flexibility index (Phi) is 2.69. The number of rotatable bonds is 1. The molecule has 0 saturated carbocycles. The highest BCUT2D eigenvalue weighted by molar-refractivity contribution is 7.91. The van der Waals surface area contributed by atoms with E-state index in [2.05, 4.69) is 0 Å². The standard InChI is InChI=1S/C10H11NO4S/c11-10(12)7-1-2-8-6-15-3-4-16(13,14)9(8)5-7/h1-2,5H,3-4,6H2,(H2,11,12). The Bertz CT molecular complexity index is 536. The van der Waals surface area contributed by atoms with E-state index >= 15 is 0 Å². The molecular weight excluding hydrogens is 230 g/mol. The highest BCUT2D eigenvalue weighted by Gasteiger charge is 2.23. The van der Waals surface area contributed by atoms with Crippen LogP contribution in [0.3, 0.4) is 0 Å². The second-order valence-corrected chi connectivity index (χ2v) is 5.64. The summed E-state index contributed by atoms with van der Waals surface area (Å²) >= 11 is 0. The van der Waals surface area contributed by atoms with Crippen molar-refractivity contribution in [3.63, 3.8) is 0 Å². The van der Waals surface area contributed by atoms with Gasteiger partial charge in [0.2, 0.25) is 5.91 Å². The minimum Gasteiger partial charge on any atom is -0.376 e. The van der Waals surface area contributed by atoms with E-state index in [4.69, 9.17) is 10.5 Å². The van der Waals surface area contributed by atoms with Gasteiger partial charge in [-0.1, -0.05) is 6.07 Å². The van der Waals surface area contributed by atoms with Crippen LogP contribution in [0.5, 0.6) is 0 Å². The Balaban J connectivity index is 2.62. The fourth-order valence-electron chi connectivity index (χ4n) is 1.58. The van der Waals surface area contributed by atoms with Crippen LogP contribution in [0.4, 0.5) is 0 Å². The van der Waals surface area contributed by atoms with E-state index in [0.717, 1.165) is 0 Å². The van der Waals surface area contributed by atoms with Crippen molar-refractivity contribution in [3.8, 4) is 0 Å². The van der Waals surface area contributed by atoms with E-state index in [1.54, 1.807) is 6.07 Å². The predicted octanol–water partition coefficient (Wildman–Crippen LogP) is 0.0894. The zero-order valence-corrected chi connectivity index (χ0v) is 9.29. The molecule has 1 amide bonds. The van der Waals surface area contributed by atoms with Gasteiger partial charge in [-0.25, -0.2) is 8.42 Å². The summed E-state index contributed by atoms with van der Waals surface area (Å²) in [5.41, 5.74) is 5.88. The quantitative estimate of drug-likeness (QED) is 0.754. The molecule has 1 aliphatic rings.